The van der Waals surface area contributed by atoms with Crippen LogP contribution >= 0.6 is 0 Å². The Balaban J connectivity index is 0.843. The van der Waals surface area contributed by atoms with E-state index in [-0.39, 0.29) is 0 Å². The number of anilines is 6. The Morgan fingerprint density at radius 1 is 0.247 bits per heavy atom. The van der Waals surface area contributed by atoms with Gasteiger partial charge in [-0.3, -0.25) is 0 Å². The van der Waals surface area contributed by atoms with Crippen LogP contribution in [0.2, 0.25) is 0 Å². The van der Waals surface area contributed by atoms with Crippen LogP contribution < -0.4 is 14.5 Å². The summed E-state index contributed by atoms with van der Waals surface area (Å²) >= 11 is 0. The van der Waals surface area contributed by atoms with E-state index in [0.29, 0.717) is 5.75 Å². The van der Waals surface area contributed by atoms with E-state index < -0.39 is 0 Å². The largest absolute Gasteiger partial charge is 0.455 e. The first-order chi connectivity index (χ1) is 40.1. The fourth-order valence-corrected chi connectivity index (χ4v) is 11.6. The molecule has 0 bridgehead atoms. The minimum Gasteiger partial charge on any atom is -0.455 e. The molecule has 0 aliphatic heterocycles. The van der Waals surface area contributed by atoms with Gasteiger partial charge in [-0.1, -0.05) is 218 Å². The van der Waals surface area contributed by atoms with Crippen molar-refractivity contribution in [3.05, 3.63) is 303 Å². The molecule has 0 unspecified atom stereocenters. The standard InChI is InChI=1S/C76H50N2O3/c1-3-17-51(18-4-1)53-33-41-58(42-34-53)77(59-45-37-55(38-46-59)64-25-15-27-68-66-23-9-12-30-71(66)80-75(64)68)62-49-57-21-7-8-22-63(57)74(50-62)79-73-32-14-11-29-70(73)78(60-43-35-54(36-44-60)52-19-5-2-6-20-52)61-47-39-56(40-48-61)65-26-16-28-69-67-24-10-13-31-72(67)81-76(65)69/h1-50H. The van der Waals surface area contributed by atoms with E-state index in [4.69, 9.17) is 13.6 Å². The fraction of sp³-hybridized carbons (Fsp3) is 0. The van der Waals surface area contributed by atoms with Gasteiger partial charge in [-0.25, -0.2) is 0 Å². The quantitative estimate of drug-likeness (QED) is 0.122. The van der Waals surface area contributed by atoms with Crippen LogP contribution in [0.25, 0.3) is 99.2 Å². The van der Waals surface area contributed by atoms with E-state index in [9.17, 15) is 0 Å². The van der Waals surface area contributed by atoms with Gasteiger partial charge in [-0.15, -0.1) is 0 Å². The molecule has 0 saturated heterocycles. The second-order valence-electron chi connectivity index (χ2n) is 20.4. The normalized spacial score (nSPS) is 11.5. The van der Waals surface area contributed by atoms with Crippen LogP contribution in [0.15, 0.2) is 312 Å². The molecule has 2 aromatic heterocycles. The number of nitrogens with zero attached hydrogens (tertiary/aromatic N) is 2. The maximum absolute atomic E-state index is 7.40. The van der Waals surface area contributed by atoms with Gasteiger partial charge in [0.1, 0.15) is 28.1 Å². The summed E-state index contributed by atoms with van der Waals surface area (Å²) in [6.45, 7) is 0. The lowest BCUT2D eigenvalue weighted by Gasteiger charge is -2.29. The van der Waals surface area contributed by atoms with Crippen molar-refractivity contribution in [1.29, 1.82) is 0 Å². The number of hydrogen-bond acceptors (Lipinski definition) is 5. The number of benzene rings is 13. The topological polar surface area (TPSA) is 42.0 Å². The molecule has 0 spiro atoms. The Kier molecular flexibility index (Phi) is 11.8. The molecule has 0 N–H and O–H groups in total. The summed E-state index contributed by atoms with van der Waals surface area (Å²) in [5.74, 6) is 1.43. The molecule has 0 atom stereocenters. The molecule has 382 valence electrons. The van der Waals surface area contributed by atoms with Crippen LogP contribution in [-0.2, 0) is 0 Å². The maximum atomic E-state index is 7.40. The van der Waals surface area contributed by atoms with Crippen LogP contribution in [0.1, 0.15) is 0 Å². The number of rotatable bonds is 12. The second-order valence-corrected chi connectivity index (χ2v) is 20.4. The van der Waals surface area contributed by atoms with Gasteiger partial charge in [0.15, 0.2) is 5.75 Å². The van der Waals surface area contributed by atoms with Gasteiger partial charge in [0.2, 0.25) is 0 Å². The van der Waals surface area contributed by atoms with Crippen LogP contribution in [0.3, 0.4) is 0 Å². The molecule has 0 aliphatic carbocycles. The SMILES string of the molecule is c1ccc(-c2ccc(N(c3ccc(-c4cccc5c4oc4ccccc45)cc3)c3cc(Oc4ccccc4N(c4ccc(-c5ccccc5)cc4)c4ccc(-c5cccc6c5oc5ccccc56)cc4)c4ccccc4c3)cc2)cc1. The summed E-state index contributed by atoms with van der Waals surface area (Å²) in [6, 6.07) is 107. The second kappa shape index (κ2) is 20.2. The van der Waals surface area contributed by atoms with E-state index in [1.165, 1.54) is 0 Å². The summed E-state index contributed by atoms with van der Waals surface area (Å²) in [7, 11) is 0. The minimum atomic E-state index is 0.700. The van der Waals surface area contributed by atoms with Crippen molar-refractivity contribution in [3.63, 3.8) is 0 Å². The predicted molar refractivity (Wildman–Crippen MR) is 336 cm³/mol. The highest BCUT2D eigenvalue weighted by Crippen LogP contribution is 2.47. The Morgan fingerprint density at radius 2 is 0.642 bits per heavy atom. The highest BCUT2D eigenvalue weighted by Gasteiger charge is 2.22. The molecule has 2 heterocycles. The molecule has 5 heteroatoms. The first-order valence-corrected chi connectivity index (χ1v) is 27.4. The summed E-state index contributed by atoms with van der Waals surface area (Å²) in [5.41, 5.74) is 18.1. The third-order valence-electron chi connectivity index (χ3n) is 15.5. The summed E-state index contributed by atoms with van der Waals surface area (Å²) in [4.78, 5) is 4.61. The molecule has 0 amide bonds. The predicted octanol–water partition coefficient (Wildman–Crippen LogP) is 22.0. The van der Waals surface area contributed by atoms with Gasteiger partial charge in [0.05, 0.1) is 11.4 Å². The van der Waals surface area contributed by atoms with Crippen LogP contribution in [-0.4, -0.2) is 0 Å². The minimum absolute atomic E-state index is 0.700. The van der Waals surface area contributed by atoms with E-state index in [1.807, 2.05) is 30.3 Å². The van der Waals surface area contributed by atoms with E-state index in [1.54, 1.807) is 0 Å². The fourth-order valence-electron chi connectivity index (χ4n) is 11.6. The lowest BCUT2D eigenvalue weighted by atomic mass is 10.0. The maximum Gasteiger partial charge on any atom is 0.151 e. The molecular weight excluding hydrogens is 989 g/mol. The molecule has 13 aromatic carbocycles. The van der Waals surface area contributed by atoms with Crippen LogP contribution in [0.4, 0.5) is 34.1 Å². The van der Waals surface area contributed by atoms with E-state index in [0.717, 1.165) is 139 Å². The van der Waals surface area contributed by atoms with Gasteiger partial charge < -0.3 is 23.4 Å². The molecule has 15 rings (SSSR count). The Morgan fingerprint density at radius 3 is 1.16 bits per heavy atom. The first-order valence-electron chi connectivity index (χ1n) is 27.4. The van der Waals surface area contributed by atoms with Gasteiger partial charge in [-0.2, -0.15) is 0 Å². The summed E-state index contributed by atoms with van der Waals surface area (Å²) in [5, 5.41) is 6.47. The van der Waals surface area contributed by atoms with Crippen molar-refractivity contribution in [2.24, 2.45) is 0 Å². The monoisotopic (exact) mass is 1040 g/mol. The lowest BCUT2D eigenvalue weighted by Crippen LogP contribution is -2.11. The van der Waals surface area contributed by atoms with E-state index in [2.05, 4.69) is 283 Å². The molecule has 0 radical (unpaired) electrons. The van der Waals surface area contributed by atoms with Gasteiger partial charge in [0, 0.05) is 66.9 Å². The van der Waals surface area contributed by atoms with Crippen molar-refractivity contribution < 1.29 is 13.6 Å². The number of furan rings is 2. The highest BCUT2D eigenvalue weighted by atomic mass is 16.5. The summed E-state index contributed by atoms with van der Waals surface area (Å²) < 4.78 is 20.4. The molecule has 0 fully saturated rings. The van der Waals surface area contributed by atoms with Gasteiger partial charge in [0.25, 0.3) is 0 Å². The average molecular weight is 1040 g/mol. The van der Waals surface area contributed by atoms with Crippen molar-refractivity contribution >= 4 is 88.8 Å². The Hall–Kier alpha value is -10.9. The van der Waals surface area contributed by atoms with Crippen molar-refractivity contribution in [1.82, 2.24) is 0 Å². The number of ether oxygens (including phenoxy) is 1. The number of fused-ring (bicyclic) bond motifs is 7. The zero-order chi connectivity index (χ0) is 53.6. The van der Waals surface area contributed by atoms with Crippen molar-refractivity contribution in [2.45, 2.75) is 0 Å². The van der Waals surface area contributed by atoms with Gasteiger partial charge in [-0.05, 0) is 118 Å². The highest BCUT2D eigenvalue weighted by molar-refractivity contribution is 6.11. The third-order valence-corrected chi connectivity index (χ3v) is 15.5. The third kappa shape index (κ3) is 8.71. The van der Waals surface area contributed by atoms with Crippen LogP contribution in [0, 0.1) is 0 Å². The number of para-hydroxylation sites is 6. The Labute approximate surface area is 469 Å². The van der Waals surface area contributed by atoms with E-state index >= 15 is 0 Å². The zero-order valence-electron chi connectivity index (χ0n) is 44.0. The van der Waals surface area contributed by atoms with Gasteiger partial charge >= 0.3 is 0 Å². The molecular formula is C76H50N2O3. The molecule has 5 nitrogen and oxygen atoms in total. The first kappa shape index (κ1) is 47.3. The van der Waals surface area contributed by atoms with Crippen LogP contribution in [0.5, 0.6) is 11.5 Å². The molecule has 15 aromatic rings. The lowest BCUT2D eigenvalue weighted by molar-refractivity contribution is 0.489. The smallest absolute Gasteiger partial charge is 0.151 e. The molecule has 81 heavy (non-hydrogen) atoms. The Bertz CT molecular complexity index is 4760. The number of hydrogen-bond donors (Lipinski definition) is 0. The average Bonchev–Trinajstić information content (AvgIpc) is 4.19. The molecule has 0 aliphatic rings. The van der Waals surface area contributed by atoms with Crippen molar-refractivity contribution in [2.75, 3.05) is 9.80 Å². The zero-order valence-corrected chi connectivity index (χ0v) is 44.0. The molecule has 0 saturated carbocycles. The summed E-state index contributed by atoms with van der Waals surface area (Å²) in [6.07, 6.45) is 0. The van der Waals surface area contributed by atoms with Crippen molar-refractivity contribution in [3.8, 4) is 56.0 Å².